The molecule has 2 amide bonds. The molecule has 3 fully saturated rings. The van der Waals surface area contributed by atoms with Crippen molar-refractivity contribution in [3.05, 3.63) is 0 Å². The lowest BCUT2D eigenvalue weighted by molar-refractivity contribution is -0.143. The highest BCUT2D eigenvalue weighted by atomic mass is 16.4. The Kier molecular flexibility index (Phi) is 7.13. The van der Waals surface area contributed by atoms with E-state index in [4.69, 9.17) is 5.11 Å². The maximum atomic E-state index is 13.0. The van der Waals surface area contributed by atoms with Crippen LogP contribution < -0.4 is 5.32 Å². The lowest BCUT2D eigenvalue weighted by Gasteiger charge is -2.39. The summed E-state index contributed by atoms with van der Waals surface area (Å²) < 4.78 is 0. The normalized spacial score (nSPS) is 29.5. The fourth-order valence-corrected chi connectivity index (χ4v) is 5.11. The first-order valence-electron chi connectivity index (χ1n) is 10.9. The van der Waals surface area contributed by atoms with Gasteiger partial charge in [-0.25, -0.2) is 0 Å². The number of carbonyl (C=O) groups is 3. The van der Waals surface area contributed by atoms with Crippen molar-refractivity contribution in [2.75, 3.05) is 6.54 Å². The average molecular weight is 379 g/mol. The first-order valence-corrected chi connectivity index (χ1v) is 10.9. The Bertz CT molecular complexity index is 536. The van der Waals surface area contributed by atoms with E-state index in [0.29, 0.717) is 6.42 Å². The van der Waals surface area contributed by atoms with Crippen LogP contribution in [0, 0.1) is 11.8 Å². The van der Waals surface area contributed by atoms with Crippen molar-refractivity contribution >= 4 is 17.8 Å². The number of nitrogens with zero attached hydrogens (tertiary/aromatic N) is 1. The second-order valence-corrected chi connectivity index (χ2v) is 8.65. The Labute approximate surface area is 162 Å². The molecule has 1 atom stereocenters. The van der Waals surface area contributed by atoms with Gasteiger partial charge in [0.2, 0.25) is 11.8 Å². The predicted octanol–water partition coefficient (Wildman–Crippen LogP) is 3.10. The van der Waals surface area contributed by atoms with Crippen LogP contribution in [0.4, 0.5) is 0 Å². The van der Waals surface area contributed by atoms with Gasteiger partial charge in [0, 0.05) is 36.9 Å². The van der Waals surface area contributed by atoms with Crippen LogP contribution in [0.15, 0.2) is 0 Å². The zero-order chi connectivity index (χ0) is 19.2. The maximum absolute atomic E-state index is 13.0. The van der Waals surface area contributed by atoms with E-state index in [2.05, 4.69) is 5.32 Å². The highest BCUT2D eigenvalue weighted by Crippen LogP contribution is 2.31. The van der Waals surface area contributed by atoms with E-state index >= 15 is 0 Å². The van der Waals surface area contributed by atoms with Crippen LogP contribution in [-0.2, 0) is 14.4 Å². The number of aliphatic carboxylic acids is 1. The molecule has 2 N–H and O–H groups in total. The van der Waals surface area contributed by atoms with E-state index in [1.165, 1.54) is 0 Å². The third kappa shape index (κ3) is 5.45. The zero-order valence-corrected chi connectivity index (χ0v) is 16.3. The summed E-state index contributed by atoms with van der Waals surface area (Å²) in [5, 5.41) is 12.2. The number of carboxylic acid groups (broad SMARTS) is 1. The Morgan fingerprint density at radius 1 is 0.852 bits per heavy atom. The zero-order valence-electron chi connectivity index (χ0n) is 16.3. The minimum atomic E-state index is -0.786. The first kappa shape index (κ1) is 20.2. The fraction of sp³-hybridized carbons (Fsp3) is 0.857. The smallest absolute Gasteiger partial charge is 0.303 e. The molecule has 1 saturated heterocycles. The summed E-state index contributed by atoms with van der Waals surface area (Å²) in [4.78, 5) is 38.2. The molecule has 27 heavy (non-hydrogen) atoms. The van der Waals surface area contributed by atoms with Gasteiger partial charge >= 0.3 is 5.97 Å². The largest absolute Gasteiger partial charge is 0.481 e. The van der Waals surface area contributed by atoms with Gasteiger partial charge in [0.15, 0.2) is 0 Å². The second kappa shape index (κ2) is 9.56. The molecule has 2 aliphatic carbocycles. The lowest BCUT2D eigenvalue weighted by atomic mass is 9.83. The molecular formula is C21H34N2O4. The van der Waals surface area contributed by atoms with Crippen LogP contribution in [0.25, 0.3) is 0 Å². The van der Waals surface area contributed by atoms with Gasteiger partial charge in [-0.3, -0.25) is 14.4 Å². The first-order chi connectivity index (χ1) is 13.0. The van der Waals surface area contributed by atoms with Gasteiger partial charge in [-0.1, -0.05) is 12.8 Å². The molecule has 0 radical (unpaired) electrons. The number of likely N-dealkylation sites (tertiary alicyclic amines) is 1. The van der Waals surface area contributed by atoms with Gasteiger partial charge in [0.05, 0.1) is 0 Å². The molecule has 0 spiro atoms. The number of nitrogens with one attached hydrogen (secondary N) is 1. The van der Waals surface area contributed by atoms with Crippen molar-refractivity contribution in [3.63, 3.8) is 0 Å². The SMILES string of the molecule is O=C(O)CCC1CCCCN1C(=O)C1CCC(NC(=O)C2CCCC2)CC1. The Balaban J connectivity index is 1.46. The number of carboxylic acids is 1. The molecule has 1 aliphatic heterocycles. The topological polar surface area (TPSA) is 86.7 Å². The van der Waals surface area contributed by atoms with E-state index in [0.717, 1.165) is 77.2 Å². The van der Waals surface area contributed by atoms with Crippen LogP contribution in [-0.4, -0.2) is 46.4 Å². The molecule has 0 bridgehead atoms. The Morgan fingerprint density at radius 2 is 1.52 bits per heavy atom. The summed E-state index contributed by atoms with van der Waals surface area (Å²) in [5.74, 6) is -0.119. The van der Waals surface area contributed by atoms with Crippen LogP contribution in [0.1, 0.15) is 83.5 Å². The van der Waals surface area contributed by atoms with Crippen molar-refractivity contribution in [1.82, 2.24) is 10.2 Å². The number of rotatable bonds is 6. The molecule has 1 unspecified atom stereocenters. The van der Waals surface area contributed by atoms with E-state index in [1.807, 2.05) is 4.90 Å². The molecule has 0 aromatic rings. The Hall–Kier alpha value is -1.59. The highest BCUT2D eigenvalue weighted by molar-refractivity contribution is 5.80. The van der Waals surface area contributed by atoms with Crippen molar-refractivity contribution in [2.45, 2.75) is 95.6 Å². The summed E-state index contributed by atoms with van der Waals surface area (Å²) in [7, 11) is 0. The summed E-state index contributed by atoms with van der Waals surface area (Å²) in [6.45, 7) is 0.765. The number of hydrogen-bond donors (Lipinski definition) is 2. The van der Waals surface area contributed by atoms with E-state index in [1.54, 1.807) is 0 Å². The summed E-state index contributed by atoms with van der Waals surface area (Å²) in [6, 6.07) is 0.299. The van der Waals surface area contributed by atoms with Crippen LogP contribution in [0.5, 0.6) is 0 Å². The van der Waals surface area contributed by atoms with Gasteiger partial charge < -0.3 is 15.3 Å². The van der Waals surface area contributed by atoms with E-state index in [-0.39, 0.29) is 42.2 Å². The van der Waals surface area contributed by atoms with Gasteiger partial charge in [-0.05, 0) is 64.2 Å². The highest BCUT2D eigenvalue weighted by Gasteiger charge is 2.35. The van der Waals surface area contributed by atoms with Crippen molar-refractivity contribution in [3.8, 4) is 0 Å². The standard InChI is InChI=1S/C21H34N2O4/c24-19(25)13-12-18-7-3-4-14-23(18)21(27)16-8-10-17(11-9-16)22-20(26)15-5-1-2-6-15/h15-18H,1-14H2,(H,22,26)(H,24,25). The predicted molar refractivity (Wildman–Crippen MR) is 102 cm³/mol. The molecule has 152 valence electrons. The van der Waals surface area contributed by atoms with Crippen molar-refractivity contribution in [2.24, 2.45) is 11.8 Å². The number of amides is 2. The van der Waals surface area contributed by atoms with E-state index in [9.17, 15) is 14.4 Å². The molecule has 2 saturated carbocycles. The number of piperidine rings is 1. The van der Waals surface area contributed by atoms with E-state index < -0.39 is 5.97 Å². The molecule has 1 heterocycles. The average Bonchev–Trinajstić information content (AvgIpc) is 3.21. The summed E-state index contributed by atoms with van der Waals surface area (Å²) >= 11 is 0. The molecule has 3 aliphatic rings. The van der Waals surface area contributed by atoms with Crippen LogP contribution in [0.2, 0.25) is 0 Å². The molecule has 6 heteroatoms. The lowest BCUT2D eigenvalue weighted by Crippen LogP contribution is -2.48. The van der Waals surface area contributed by atoms with Gasteiger partial charge in [-0.15, -0.1) is 0 Å². The molecule has 3 rings (SSSR count). The monoisotopic (exact) mass is 378 g/mol. The molecule has 0 aromatic carbocycles. The molecular weight excluding hydrogens is 344 g/mol. The van der Waals surface area contributed by atoms with Gasteiger partial charge in [0.1, 0.15) is 0 Å². The fourth-order valence-electron chi connectivity index (χ4n) is 5.11. The Morgan fingerprint density at radius 3 is 2.19 bits per heavy atom. The van der Waals surface area contributed by atoms with Gasteiger partial charge in [-0.2, -0.15) is 0 Å². The van der Waals surface area contributed by atoms with Crippen LogP contribution in [0.3, 0.4) is 0 Å². The van der Waals surface area contributed by atoms with Crippen LogP contribution >= 0.6 is 0 Å². The maximum Gasteiger partial charge on any atom is 0.303 e. The van der Waals surface area contributed by atoms with Gasteiger partial charge in [0.25, 0.3) is 0 Å². The molecule has 6 nitrogen and oxygen atoms in total. The minimum Gasteiger partial charge on any atom is -0.481 e. The van der Waals surface area contributed by atoms with Crippen molar-refractivity contribution in [1.29, 1.82) is 0 Å². The number of carbonyl (C=O) groups excluding carboxylic acids is 2. The molecule has 0 aromatic heterocycles. The third-order valence-electron chi connectivity index (χ3n) is 6.75. The minimum absolute atomic E-state index is 0.0371. The summed E-state index contributed by atoms with van der Waals surface area (Å²) in [6.07, 6.45) is 11.5. The summed E-state index contributed by atoms with van der Waals surface area (Å²) in [5.41, 5.74) is 0. The van der Waals surface area contributed by atoms with Crippen molar-refractivity contribution < 1.29 is 19.5 Å². The number of hydrogen-bond acceptors (Lipinski definition) is 3. The second-order valence-electron chi connectivity index (χ2n) is 8.65. The quantitative estimate of drug-likeness (QED) is 0.743. The third-order valence-corrected chi connectivity index (χ3v) is 6.75.